The van der Waals surface area contributed by atoms with Gasteiger partial charge >= 0.3 is 0 Å². The van der Waals surface area contributed by atoms with Crippen LogP contribution in [-0.4, -0.2) is 5.11 Å². The van der Waals surface area contributed by atoms with E-state index in [0.29, 0.717) is 0 Å². The van der Waals surface area contributed by atoms with Crippen molar-refractivity contribution < 1.29 is 4.39 Å². The standard InChI is InChI=1S/C7H8FN3S/c8-5-3-1-2-4-6(5)11(10)7(9)12/h1-4H,10H2,(H2,9,12). The summed E-state index contributed by atoms with van der Waals surface area (Å²) in [5.74, 6) is 4.91. The zero-order chi connectivity index (χ0) is 9.14. The molecule has 3 nitrogen and oxygen atoms in total. The minimum absolute atomic E-state index is 0.0694. The molecule has 0 aromatic heterocycles. The van der Waals surface area contributed by atoms with Gasteiger partial charge in [-0.05, 0) is 24.4 Å². The second-order valence-electron chi connectivity index (χ2n) is 2.16. The predicted molar refractivity (Wildman–Crippen MR) is 49.9 cm³/mol. The van der Waals surface area contributed by atoms with E-state index in [1.807, 2.05) is 0 Å². The average Bonchev–Trinajstić information content (AvgIpc) is 2.04. The third-order valence-electron chi connectivity index (χ3n) is 1.35. The molecule has 1 aromatic carbocycles. The Morgan fingerprint density at radius 1 is 1.42 bits per heavy atom. The Balaban J connectivity index is 3.02. The van der Waals surface area contributed by atoms with Gasteiger partial charge in [-0.1, -0.05) is 12.1 Å². The van der Waals surface area contributed by atoms with Crippen LogP contribution in [0, 0.1) is 5.82 Å². The molecule has 1 aromatic rings. The van der Waals surface area contributed by atoms with E-state index < -0.39 is 5.82 Å². The summed E-state index contributed by atoms with van der Waals surface area (Å²) in [5.41, 5.74) is 5.37. The third kappa shape index (κ3) is 1.69. The number of rotatable bonds is 1. The fourth-order valence-corrected chi connectivity index (χ4v) is 0.864. The lowest BCUT2D eigenvalue weighted by molar-refractivity contribution is 0.627. The summed E-state index contributed by atoms with van der Waals surface area (Å²) in [6, 6.07) is 5.99. The van der Waals surface area contributed by atoms with Gasteiger partial charge in [0.25, 0.3) is 0 Å². The molecule has 0 bridgehead atoms. The van der Waals surface area contributed by atoms with E-state index in [1.54, 1.807) is 12.1 Å². The van der Waals surface area contributed by atoms with E-state index in [0.717, 1.165) is 5.01 Å². The minimum Gasteiger partial charge on any atom is -0.375 e. The van der Waals surface area contributed by atoms with Crippen molar-refractivity contribution in [2.45, 2.75) is 0 Å². The number of nitrogens with two attached hydrogens (primary N) is 2. The molecular weight excluding hydrogens is 177 g/mol. The summed E-state index contributed by atoms with van der Waals surface area (Å²) in [6.07, 6.45) is 0. The summed E-state index contributed by atoms with van der Waals surface area (Å²) < 4.78 is 13.0. The molecule has 0 spiro atoms. The molecule has 5 heteroatoms. The number of hydrogen-bond donors (Lipinski definition) is 2. The smallest absolute Gasteiger partial charge is 0.185 e. The molecule has 0 heterocycles. The van der Waals surface area contributed by atoms with E-state index in [9.17, 15) is 4.39 Å². The van der Waals surface area contributed by atoms with Crippen molar-refractivity contribution in [2.75, 3.05) is 5.01 Å². The summed E-state index contributed by atoms with van der Waals surface area (Å²) in [4.78, 5) is 0. The molecule has 4 N–H and O–H groups in total. The Morgan fingerprint density at radius 3 is 2.50 bits per heavy atom. The fourth-order valence-electron chi connectivity index (χ4n) is 0.766. The monoisotopic (exact) mass is 185 g/mol. The van der Waals surface area contributed by atoms with Gasteiger partial charge in [0.2, 0.25) is 0 Å². The Bertz CT molecular complexity index is 302. The van der Waals surface area contributed by atoms with Crippen LogP contribution < -0.4 is 16.6 Å². The number of anilines is 1. The van der Waals surface area contributed by atoms with E-state index in [1.165, 1.54) is 12.1 Å². The van der Waals surface area contributed by atoms with Crippen LogP contribution in [0.2, 0.25) is 0 Å². The lowest BCUT2D eigenvalue weighted by atomic mass is 10.3. The van der Waals surface area contributed by atoms with Crippen molar-refractivity contribution in [3.63, 3.8) is 0 Å². The molecule has 12 heavy (non-hydrogen) atoms. The largest absolute Gasteiger partial charge is 0.375 e. The number of benzene rings is 1. The minimum atomic E-state index is -0.451. The molecule has 64 valence electrons. The van der Waals surface area contributed by atoms with Gasteiger partial charge in [0, 0.05) is 0 Å². The number of halogens is 1. The number of nitrogens with zero attached hydrogens (tertiary/aromatic N) is 1. The van der Waals surface area contributed by atoms with Gasteiger partial charge in [-0.25, -0.2) is 10.2 Å². The van der Waals surface area contributed by atoms with Crippen LogP contribution in [0.15, 0.2) is 24.3 Å². The molecule has 0 fully saturated rings. The predicted octanol–water partition coefficient (Wildman–Crippen LogP) is 0.749. The van der Waals surface area contributed by atoms with Gasteiger partial charge < -0.3 is 5.73 Å². The summed E-state index contributed by atoms with van der Waals surface area (Å²) in [5, 5.41) is 0.852. The SMILES string of the molecule is NC(=S)N(N)c1ccccc1F. The van der Waals surface area contributed by atoms with Gasteiger partial charge in [-0.15, -0.1) is 0 Å². The van der Waals surface area contributed by atoms with E-state index in [4.69, 9.17) is 11.6 Å². The first-order chi connectivity index (χ1) is 5.63. The van der Waals surface area contributed by atoms with Crippen LogP contribution in [0.5, 0.6) is 0 Å². The fraction of sp³-hybridized carbons (Fsp3) is 0. The highest BCUT2D eigenvalue weighted by atomic mass is 32.1. The Morgan fingerprint density at radius 2 is 2.00 bits per heavy atom. The third-order valence-corrected chi connectivity index (χ3v) is 1.55. The number of para-hydroxylation sites is 1. The average molecular weight is 185 g/mol. The van der Waals surface area contributed by atoms with Crippen molar-refractivity contribution in [1.29, 1.82) is 0 Å². The first kappa shape index (κ1) is 8.89. The maximum atomic E-state index is 13.0. The van der Waals surface area contributed by atoms with Gasteiger partial charge in [0.15, 0.2) is 5.11 Å². The topological polar surface area (TPSA) is 55.3 Å². The first-order valence-corrected chi connectivity index (χ1v) is 3.62. The van der Waals surface area contributed by atoms with Crippen molar-refractivity contribution in [2.24, 2.45) is 11.6 Å². The molecule has 0 aliphatic rings. The van der Waals surface area contributed by atoms with Gasteiger partial charge in [0.1, 0.15) is 5.82 Å². The van der Waals surface area contributed by atoms with Crippen LogP contribution in [0.3, 0.4) is 0 Å². The van der Waals surface area contributed by atoms with Gasteiger partial charge in [0.05, 0.1) is 5.69 Å². The maximum Gasteiger partial charge on any atom is 0.185 e. The summed E-state index contributed by atoms with van der Waals surface area (Å²) in [6.45, 7) is 0. The molecule has 0 saturated carbocycles. The zero-order valence-corrected chi connectivity index (χ0v) is 7.01. The molecule has 0 aliphatic heterocycles. The molecule has 1 rings (SSSR count). The summed E-state index contributed by atoms with van der Waals surface area (Å²) in [7, 11) is 0. The molecule has 0 amide bonds. The van der Waals surface area contributed by atoms with Crippen molar-refractivity contribution in [3.05, 3.63) is 30.1 Å². The van der Waals surface area contributed by atoms with Crippen LogP contribution >= 0.6 is 12.2 Å². The highest BCUT2D eigenvalue weighted by molar-refractivity contribution is 7.80. The van der Waals surface area contributed by atoms with Crippen molar-refractivity contribution >= 4 is 23.0 Å². The normalized spacial score (nSPS) is 9.50. The van der Waals surface area contributed by atoms with E-state index >= 15 is 0 Å². The quantitative estimate of drug-likeness (QED) is 0.385. The number of hydrazine groups is 1. The molecule has 0 aliphatic carbocycles. The lowest BCUT2D eigenvalue weighted by Gasteiger charge is -2.16. The lowest BCUT2D eigenvalue weighted by Crippen LogP contribution is -2.41. The first-order valence-electron chi connectivity index (χ1n) is 3.21. The van der Waals surface area contributed by atoms with E-state index in [2.05, 4.69) is 12.2 Å². The highest BCUT2D eigenvalue weighted by Crippen LogP contribution is 2.14. The zero-order valence-electron chi connectivity index (χ0n) is 6.20. The second kappa shape index (κ2) is 3.46. The summed E-state index contributed by atoms with van der Waals surface area (Å²) >= 11 is 4.57. The molecule has 0 unspecified atom stereocenters. The molecular formula is C7H8FN3S. The molecule has 0 atom stereocenters. The van der Waals surface area contributed by atoms with Crippen molar-refractivity contribution in [3.8, 4) is 0 Å². The second-order valence-corrected chi connectivity index (χ2v) is 2.58. The van der Waals surface area contributed by atoms with Crippen LogP contribution in [0.4, 0.5) is 10.1 Å². The molecule has 0 radical (unpaired) electrons. The number of hydrogen-bond acceptors (Lipinski definition) is 2. The van der Waals surface area contributed by atoms with Gasteiger partial charge in [-0.3, -0.25) is 5.01 Å². The maximum absolute atomic E-state index is 13.0. The van der Waals surface area contributed by atoms with Crippen LogP contribution in [0.1, 0.15) is 0 Å². The van der Waals surface area contributed by atoms with Crippen LogP contribution in [-0.2, 0) is 0 Å². The van der Waals surface area contributed by atoms with Crippen molar-refractivity contribution in [1.82, 2.24) is 0 Å². The Kier molecular flexibility index (Phi) is 2.57. The highest BCUT2D eigenvalue weighted by Gasteiger charge is 2.07. The van der Waals surface area contributed by atoms with Gasteiger partial charge in [-0.2, -0.15) is 0 Å². The number of thiocarbonyl (C=S) groups is 1. The molecule has 0 saturated heterocycles. The van der Waals surface area contributed by atoms with Crippen LogP contribution in [0.25, 0.3) is 0 Å². The van der Waals surface area contributed by atoms with E-state index in [-0.39, 0.29) is 10.8 Å². The Labute approximate surface area is 74.7 Å². The Hall–Kier alpha value is -1.20.